The summed E-state index contributed by atoms with van der Waals surface area (Å²) in [5.74, 6) is 2.13. The van der Waals surface area contributed by atoms with Crippen molar-refractivity contribution in [1.29, 1.82) is 0 Å². The van der Waals surface area contributed by atoms with Crippen molar-refractivity contribution in [3.05, 3.63) is 59.9 Å². The summed E-state index contributed by atoms with van der Waals surface area (Å²) in [6, 6.07) is 15.2. The fourth-order valence-electron chi connectivity index (χ4n) is 2.74. The summed E-state index contributed by atoms with van der Waals surface area (Å²) >= 11 is 1.34. The first-order chi connectivity index (χ1) is 14.1. The smallest absolute Gasteiger partial charge is 0.234 e. The molecule has 0 saturated heterocycles. The van der Waals surface area contributed by atoms with Crippen LogP contribution in [-0.2, 0) is 24.9 Å². The molecule has 0 radical (unpaired) electrons. The van der Waals surface area contributed by atoms with Crippen LogP contribution in [0, 0.1) is 0 Å². The van der Waals surface area contributed by atoms with Crippen molar-refractivity contribution in [2.24, 2.45) is 7.05 Å². The first kappa shape index (κ1) is 20.7. The number of aromatic nitrogens is 3. The van der Waals surface area contributed by atoms with E-state index in [1.165, 1.54) is 11.8 Å². The predicted molar refractivity (Wildman–Crippen MR) is 114 cm³/mol. The van der Waals surface area contributed by atoms with Crippen molar-refractivity contribution >= 4 is 23.4 Å². The van der Waals surface area contributed by atoms with E-state index in [0.717, 1.165) is 17.7 Å². The van der Waals surface area contributed by atoms with Gasteiger partial charge in [0.2, 0.25) is 5.91 Å². The van der Waals surface area contributed by atoms with Crippen LogP contribution in [0.1, 0.15) is 18.3 Å². The summed E-state index contributed by atoms with van der Waals surface area (Å²) in [7, 11) is 3.46. The first-order valence-corrected chi connectivity index (χ1v) is 10.3. The molecule has 0 bridgehead atoms. The van der Waals surface area contributed by atoms with Gasteiger partial charge in [-0.2, -0.15) is 0 Å². The van der Waals surface area contributed by atoms with Gasteiger partial charge in [0.05, 0.1) is 12.9 Å². The second-order valence-corrected chi connectivity index (χ2v) is 7.19. The highest BCUT2D eigenvalue weighted by molar-refractivity contribution is 7.99. The van der Waals surface area contributed by atoms with Gasteiger partial charge in [0, 0.05) is 12.7 Å². The molecule has 0 aliphatic heterocycles. The van der Waals surface area contributed by atoms with Crippen molar-refractivity contribution in [1.82, 2.24) is 14.8 Å². The number of amides is 1. The molecule has 8 heteroatoms. The number of methoxy groups -OCH3 is 1. The van der Waals surface area contributed by atoms with E-state index >= 15 is 0 Å². The number of nitrogens with zero attached hydrogens (tertiary/aromatic N) is 3. The van der Waals surface area contributed by atoms with Crippen molar-refractivity contribution in [2.75, 3.05) is 18.2 Å². The molecule has 1 aromatic heterocycles. The van der Waals surface area contributed by atoms with Crippen LogP contribution in [0.4, 0.5) is 5.69 Å². The highest BCUT2D eigenvalue weighted by atomic mass is 32.2. The Kier molecular flexibility index (Phi) is 7.13. The molecule has 152 valence electrons. The highest BCUT2D eigenvalue weighted by Crippen LogP contribution is 2.27. The Balaban J connectivity index is 1.56. The highest BCUT2D eigenvalue weighted by Gasteiger charge is 2.13. The van der Waals surface area contributed by atoms with Crippen LogP contribution >= 0.6 is 11.8 Å². The summed E-state index contributed by atoms with van der Waals surface area (Å²) in [6.07, 6.45) is 0.864. The van der Waals surface area contributed by atoms with E-state index in [9.17, 15) is 4.79 Å². The number of ether oxygens (including phenoxy) is 2. The maximum Gasteiger partial charge on any atom is 0.234 e. The standard InChI is InChI=1S/C21H24N4O3S/c1-4-15-9-5-6-10-16(15)22-20(26)14-29-21-24-23-19(25(21)2)13-28-18-12-8-7-11-17(18)27-3/h5-12H,4,13-14H2,1-3H3,(H,22,26). The molecular weight excluding hydrogens is 388 g/mol. The van der Waals surface area contributed by atoms with Gasteiger partial charge in [0.15, 0.2) is 22.5 Å². The topological polar surface area (TPSA) is 78.3 Å². The molecule has 0 spiro atoms. The van der Waals surface area contributed by atoms with Crippen molar-refractivity contribution in [2.45, 2.75) is 25.1 Å². The summed E-state index contributed by atoms with van der Waals surface area (Å²) < 4.78 is 12.9. The Morgan fingerprint density at radius 3 is 2.59 bits per heavy atom. The molecule has 29 heavy (non-hydrogen) atoms. The van der Waals surface area contributed by atoms with E-state index in [2.05, 4.69) is 22.4 Å². The van der Waals surface area contributed by atoms with Gasteiger partial charge in [-0.25, -0.2) is 0 Å². The average molecular weight is 413 g/mol. The summed E-state index contributed by atoms with van der Waals surface area (Å²) in [5.41, 5.74) is 1.96. The van der Waals surface area contributed by atoms with Crippen LogP contribution in [0.2, 0.25) is 0 Å². The minimum atomic E-state index is -0.0780. The molecule has 1 amide bonds. The number of carbonyl (C=O) groups excluding carboxylic acids is 1. The minimum absolute atomic E-state index is 0.0780. The zero-order chi connectivity index (χ0) is 20.6. The molecule has 1 N–H and O–H groups in total. The number of anilines is 1. The summed E-state index contributed by atoms with van der Waals surface area (Å²) in [6.45, 7) is 2.31. The largest absolute Gasteiger partial charge is 0.493 e. The van der Waals surface area contributed by atoms with Crippen molar-refractivity contribution < 1.29 is 14.3 Å². The number of nitrogens with one attached hydrogen (secondary N) is 1. The quantitative estimate of drug-likeness (QED) is 0.540. The van der Waals surface area contributed by atoms with E-state index < -0.39 is 0 Å². The van der Waals surface area contributed by atoms with Crippen LogP contribution in [0.15, 0.2) is 53.7 Å². The normalized spacial score (nSPS) is 10.6. The molecular formula is C21H24N4O3S. The Hall–Kier alpha value is -3.00. The molecule has 0 unspecified atom stereocenters. The molecule has 0 fully saturated rings. The second kappa shape index (κ2) is 9.97. The number of hydrogen-bond donors (Lipinski definition) is 1. The van der Waals surface area contributed by atoms with Crippen molar-refractivity contribution in [3.8, 4) is 11.5 Å². The van der Waals surface area contributed by atoms with E-state index in [0.29, 0.717) is 22.5 Å². The molecule has 7 nitrogen and oxygen atoms in total. The second-order valence-electron chi connectivity index (χ2n) is 6.24. The SMILES string of the molecule is CCc1ccccc1NC(=O)CSc1nnc(COc2ccccc2OC)n1C. The Morgan fingerprint density at radius 2 is 1.83 bits per heavy atom. The molecule has 2 aromatic carbocycles. The monoisotopic (exact) mass is 412 g/mol. The van der Waals surface area contributed by atoms with Gasteiger partial charge in [0.25, 0.3) is 0 Å². The lowest BCUT2D eigenvalue weighted by molar-refractivity contribution is -0.113. The molecule has 1 heterocycles. The van der Waals surface area contributed by atoms with Crippen LogP contribution < -0.4 is 14.8 Å². The summed E-state index contributed by atoms with van der Waals surface area (Å²) in [4.78, 5) is 12.3. The van der Waals surface area contributed by atoms with Gasteiger partial charge in [-0.15, -0.1) is 10.2 Å². The Labute approximate surface area is 174 Å². The number of para-hydroxylation sites is 3. The van der Waals surface area contributed by atoms with Crippen LogP contribution in [0.25, 0.3) is 0 Å². The van der Waals surface area contributed by atoms with Gasteiger partial charge in [-0.05, 0) is 30.2 Å². The molecule has 0 atom stereocenters. The molecule has 0 saturated carbocycles. The lowest BCUT2D eigenvalue weighted by atomic mass is 10.1. The maximum absolute atomic E-state index is 12.3. The maximum atomic E-state index is 12.3. The third kappa shape index (κ3) is 5.29. The molecule has 0 aliphatic carbocycles. The van der Waals surface area contributed by atoms with E-state index in [4.69, 9.17) is 9.47 Å². The third-order valence-electron chi connectivity index (χ3n) is 4.36. The zero-order valence-corrected chi connectivity index (χ0v) is 17.5. The number of thioether (sulfide) groups is 1. The fourth-order valence-corrected chi connectivity index (χ4v) is 3.47. The van der Waals surface area contributed by atoms with Crippen LogP contribution in [0.3, 0.4) is 0 Å². The average Bonchev–Trinajstić information content (AvgIpc) is 3.10. The molecule has 0 aliphatic rings. The molecule has 3 rings (SSSR count). The molecule has 3 aromatic rings. The van der Waals surface area contributed by atoms with Gasteiger partial charge < -0.3 is 19.4 Å². The number of benzene rings is 2. The summed E-state index contributed by atoms with van der Waals surface area (Å²) in [5, 5.41) is 12.0. The van der Waals surface area contributed by atoms with Gasteiger partial charge >= 0.3 is 0 Å². The number of carbonyl (C=O) groups is 1. The zero-order valence-electron chi connectivity index (χ0n) is 16.7. The van der Waals surface area contributed by atoms with Gasteiger partial charge in [-0.3, -0.25) is 4.79 Å². The Morgan fingerprint density at radius 1 is 1.10 bits per heavy atom. The number of rotatable bonds is 9. The van der Waals surface area contributed by atoms with E-state index in [1.807, 2.05) is 60.1 Å². The number of aryl methyl sites for hydroxylation is 1. The fraction of sp³-hybridized carbons (Fsp3) is 0.286. The first-order valence-electron chi connectivity index (χ1n) is 9.27. The van der Waals surface area contributed by atoms with E-state index in [1.54, 1.807) is 7.11 Å². The van der Waals surface area contributed by atoms with Crippen LogP contribution in [0.5, 0.6) is 11.5 Å². The van der Waals surface area contributed by atoms with Crippen molar-refractivity contribution in [3.63, 3.8) is 0 Å². The minimum Gasteiger partial charge on any atom is -0.493 e. The van der Waals surface area contributed by atoms with Crippen LogP contribution in [-0.4, -0.2) is 33.5 Å². The predicted octanol–water partition coefficient (Wildman–Crippen LogP) is 3.70. The third-order valence-corrected chi connectivity index (χ3v) is 5.38. The number of hydrogen-bond acceptors (Lipinski definition) is 6. The lowest BCUT2D eigenvalue weighted by Gasteiger charge is -2.10. The van der Waals surface area contributed by atoms with Gasteiger partial charge in [0.1, 0.15) is 6.61 Å². The van der Waals surface area contributed by atoms with E-state index in [-0.39, 0.29) is 18.3 Å². The lowest BCUT2D eigenvalue weighted by Crippen LogP contribution is -2.15. The van der Waals surface area contributed by atoms with Gasteiger partial charge in [-0.1, -0.05) is 49.0 Å². The Bertz CT molecular complexity index is 974.